The molecule has 1 atom stereocenters. The van der Waals surface area contributed by atoms with E-state index >= 15 is 0 Å². The Morgan fingerprint density at radius 2 is 2.17 bits per heavy atom. The van der Waals surface area contributed by atoms with Gasteiger partial charge in [-0.2, -0.15) is 4.24 Å². The number of fused-ring (bicyclic) bond motifs is 1. The monoisotopic (exact) mass is 238 g/mol. The van der Waals surface area contributed by atoms with Crippen molar-refractivity contribution in [3.05, 3.63) is 59.8 Å². The van der Waals surface area contributed by atoms with Crippen molar-refractivity contribution in [2.75, 3.05) is 0 Å². The van der Waals surface area contributed by atoms with Gasteiger partial charge in [0.15, 0.2) is 11.9 Å². The Bertz CT molecular complexity index is 622. The van der Waals surface area contributed by atoms with E-state index in [2.05, 4.69) is 48.0 Å². The number of hydrogen-bond donors (Lipinski definition) is 0. The highest BCUT2D eigenvalue weighted by atomic mass is 14.8. The van der Waals surface area contributed by atoms with E-state index in [1.54, 1.807) is 0 Å². The third kappa shape index (κ3) is 1.84. The number of rotatable bonds is 1. The van der Waals surface area contributed by atoms with Gasteiger partial charge in [0.05, 0.1) is 5.92 Å². The zero-order valence-corrected chi connectivity index (χ0v) is 10.9. The normalized spacial score (nSPS) is 22.4. The first-order valence-electron chi connectivity index (χ1n) is 6.83. The van der Waals surface area contributed by atoms with E-state index in [0.717, 1.165) is 6.42 Å². The molecule has 3 rings (SSSR count). The average Bonchev–Trinajstić information content (AvgIpc) is 2.40. The van der Waals surface area contributed by atoms with Crippen LogP contribution in [0.4, 0.5) is 0 Å². The molecule has 1 saturated carbocycles. The molecule has 0 aromatic carbocycles. The molecule has 1 unspecified atom stereocenters. The maximum Gasteiger partial charge on any atom is 0.197 e. The first-order chi connectivity index (χ1) is 8.77. The van der Waals surface area contributed by atoms with Crippen LogP contribution < -0.4 is 9.46 Å². The molecule has 1 heteroatoms. The molecular formula is C17H20N+. The van der Waals surface area contributed by atoms with Gasteiger partial charge in [-0.1, -0.05) is 36.8 Å². The number of allylic oxidation sites excluding steroid dienone is 3. The molecule has 1 nitrogen and oxygen atoms in total. The van der Waals surface area contributed by atoms with Crippen molar-refractivity contribution in [3.8, 4) is 0 Å². The lowest BCUT2D eigenvalue weighted by atomic mass is 9.80. The van der Waals surface area contributed by atoms with Gasteiger partial charge in [0.1, 0.15) is 6.72 Å². The summed E-state index contributed by atoms with van der Waals surface area (Å²) in [4.78, 5) is 0. The van der Waals surface area contributed by atoms with E-state index in [0.29, 0.717) is 5.92 Å². The quantitative estimate of drug-likeness (QED) is 0.524. The second kappa shape index (κ2) is 4.56. The second-order valence-corrected chi connectivity index (χ2v) is 5.36. The highest BCUT2D eigenvalue weighted by Crippen LogP contribution is 2.35. The van der Waals surface area contributed by atoms with Gasteiger partial charge in [-0.3, -0.25) is 0 Å². The minimum atomic E-state index is 0.506. The minimum Gasteiger partial charge on any atom is -0.177 e. The molecule has 0 radical (unpaired) electrons. The van der Waals surface area contributed by atoms with Crippen molar-refractivity contribution in [1.29, 1.82) is 0 Å². The average molecular weight is 238 g/mol. The number of pyridine rings is 1. The first-order valence-corrected chi connectivity index (χ1v) is 6.83. The summed E-state index contributed by atoms with van der Waals surface area (Å²) >= 11 is 0. The molecule has 1 fully saturated rings. The first kappa shape index (κ1) is 11.5. The molecule has 0 amide bonds. The van der Waals surface area contributed by atoms with Crippen LogP contribution >= 0.6 is 0 Å². The fourth-order valence-electron chi connectivity index (χ4n) is 3.23. The van der Waals surface area contributed by atoms with Crippen molar-refractivity contribution in [3.63, 3.8) is 0 Å². The van der Waals surface area contributed by atoms with E-state index in [9.17, 15) is 0 Å². The van der Waals surface area contributed by atoms with Crippen molar-refractivity contribution in [2.45, 2.75) is 38.0 Å². The summed E-state index contributed by atoms with van der Waals surface area (Å²) in [5.41, 5.74) is 4.22. The van der Waals surface area contributed by atoms with Crippen LogP contribution in [0.1, 0.15) is 42.9 Å². The molecule has 0 N–H and O–H groups in total. The van der Waals surface area contributed by atoms with Crippen LogP contribution in [0.5, 0.6) is 0 Å². The molecule has 1 aromatic rings. The molecule has 2 aliphatic carbocycles. The maximum absolute atomic E-state index is 4.29. The summed E-state index contributed by atoms with van der Waals surface area (Å²) < 4.78 is 2.06. The van der Waals surface area contributed by atoms with E-state index in [1.165, 1.54) is 47.7 Å². The SMILES string of the molecule is C=C1CCCCC1c1c2c(cc[n+]1=C)=CC=CC2. The fraction of sp³-hybridized carbons (Fsp3) is 0.353. The van der Waals surface area contributed by atoms with Crippen LogP contribution in [0.2, 0.25) is 0 Å². The Morgan fingerprint density at radius 1 is 1.28 bits per heavy atom. The van der Waals surface area contributed by atoms with E-state index in [1.807, 2.05) is 0 Å². The Balaban J connectivity index is 2.17. The van der Waals surface area contributed by atoms with Crippen molar-refractivity contribution in [1.82, 2.24) is 0 Å². The van der Waals surface area contributed by atoms with Crippen LogP contribution in [0.3, 0.4) is 0 Å². The lowest BCUT2D eigenvalue weighted by Crippen LogP contribution is -2.32. The predicted octanol–water partition coefficient (Wildman–Crippen LogP) is 2.72. The molecule has 1 heterocycles. The van der Waals surface area contributed by atoms with E-state index < -0.39 is 0 Å². The van der Waals surface area contributed by atoms with Gasteiger partial charge in [-0.15, -0.1) is 0 Å². The van der Waals surface area contributed by atoms with Gasteiger partial charge in [0.25, 0.3) is 0 Å². The molecule has 2 aliphatic rings. The number of nitrogens with zero attached hydrogens (tertiary/aromatic N) is 1. The smallest absolute Gasteiger partial charge is 0.177 e. The van der Waals surface area contributed by atoms with Gasteiger partial charge in [0.2, 0.25) is 0 Å². The van der Waals surface area contributed by atoms with E-state index in [-0.39, 0.29) is 0 Å². The molecule has 0 bridgehead atoms. The third-order valence-electron chi connectivity index (χ3n) is 4.20. The Kier molecular flexibility index (Phi) is 2.91. The van der Waals surface area contributed by atoms with Gasteiger partial charge < -0.3 is 0 Å². The molecular weight excluding hydrogens is 218 g/mol. The third-order valence-corrected chi connectivity index (χ3v) is 4.20. The lowest BCUT2D eigenvalue weighted by Gasteiger charge is -2.23. The Hall–Kier alpha value is -1.63. The fourth-order valence-corrected chi connectivity index (χ4v) is 3.23. The number of aromatic nitrogens is 1. The summed E-state index contributed by atoms with van der Waals surface area (Å²) in [6.07, 6.45) is 14.7. The zero-order valence-electron chi connectivity index (χ0n) is 10.9. The zero-order chi connectivity index (χ0) is 12.5. The van der Waals surface area contributed by atoms with Crippen LogP contribution in [0, 0.1) is 6.72 Å². The van der Waals surface area contributed by atoms with Crippen LogP contribution in [-0.2, 0) is 6.42 Å². The highest BCUT2D eigenvalue weighted by Gasteiger charge is 2.28. The second-order valence-electron chi connectivity index (χ2n) is 5.36. The van der Waals surface area contributed by atoms with Gasteiger partial charge in [-0.25, -0.2) is 0 Å². The molecule has 1 aromatic heterocycles. The van der Waals surface area contributed by atoms with Crippen molar-refractivity contribution < 1.29 is 4.24 Å². The van der Waals surface area contributed by atoms with Crippen molar-refractivity contribution >= 4 is 6.08 Å². The van der Waals surface area contributed by atoms with Crippen molar-refractivity contribution in [2.24, 2.45) is 0 Å². The van der Waals surface area contributed by atoms with Crippen LogP contribution in [0.25, 0.3) is 6.08 Å². The molecule has 92 valence electrons. The lowest BCUT2D eigenvalue weighted by molar-refractivity contribution is -0.510. The maximum atomic E-state index is 4.29. The Labute approximate surface area is 109 Å². The van der Waals surface area contributed by atoms with Crippen LogP contribution in [-0.4, -0.2) is 0 Å². The van der Waals surface area contributed by atoms with E-state index in [4.69, 9.17) is 0 Å². The Morgan fingerprint density at radius 3 is 3.00 bits per heavy atom. The topological polar surface area (TPSA) is 5.90 Å². The molecule has 0 saturated heterocycles. The van der Waals surface area contributed by atoms with Gasteiger partial charge >= 0.3 is 0 Å². The molecule has 0 spiro atoms. The van der Waals surface area contributed by atoms with Crippen LogP contribution in [0.15, 0.2) is 36.6 Å². The summed E-state index contributed by atoms with van der Waals surface area (Å²) in [5, 5.41) is 1.35. The summed E-state index contributed by atoms with van der Waals surface area (Å²) in [5.74, 6) is 0.506. The molecule has 18 heavy (non-hydrogen) atoms. The largest absolute Gasteiger partial charge is 0.197 e. The highest BCUT2D eigenvalue weighted by molar-refractivity contribution is 5.45. The minimum absolute atomic E-state index is 0.506. The predicted molar refractivity (Wildman–Crippen MR) is 74.7 cm³/mol. The standard InChI is InChI=1S/C17H20N/c1-13-7-3-5-9-15(13)17-16-10-6-4-8-14(16)11-12-18(17)2/h4,6,8,11-12,15H,1-3,5,7,9-10H2/q+1. The van der Waals surface area contributed by atoms with Gasteiger partial charge in [0, 0.05) is 11.6 Å². The number of hydrogen-bond acceptors (Lipinski definition) is 0. The summed E-state index contributed by atoms with van der Waals surface area (Å²) in [7, 11) is 0. The van der Waals surface area contributed by atoms with Gasteiger partial charge in [-0.05, 0) is 30.9 Å². The summed E-state index contributed by atoms with van der Waals surface area (Å²) in [6.45, 7) is 8.47. The summed E-state index contributed by atoms with van der Waals surface area (Å²) in [6, 6.07) is 2.17. The molecule has 0 aliphatic heterocycles.